The fraction of sp³-hybridized carbons (Fsp3) is 0.400. The van der Waals surface area contributed by atoms with Gasteiger partial charge in [-0.15, -0.1) is 11.3 Å². The highest BCUT2D eigenvalue weighted by Crippen LogP contribution is 2.38. The Morgan fingerprint density at radius 3 is 2.48 bits per heavy atom. The van der Waals surface area contributed by atoms with Gasteiger partial charge in [0.25, 0.3) is 11.8 Å². The Bertz CT molecular complexity index is 1060. The lowest BCUT2D eigenvalue weighted by Gasteiger charge is -2.15. The summed E-state index contributed by atoms with van der Waals surface area (Å²) in [6.07, 6.45) is 4.00. The van der Waals surface area contributed by atoms with Crippen molar-refractivity contribution >= 4 is 38.0 Å². The molecule has 2 amide bonds. The van der Waals surface area contributed by atoms with Crippen molar-refractivity contribution in [2.45, 2.75) is 38.1 Å². The van der Waals surface area contributed by atoms with Crippen LogP contribution in [0.4, 0.5) is 9.39 Å². The number of hydrogen-bond donors (Lipinski definition) is 2. The standard InChI is InChI=1S/C20H21FN2O4S2/c21-13-7-5-12(6-8-13)18(24)23-20-17(15-3-1-2-4-16(15)28-20)19(25)22-14-9-10-29(26,27)11-14/h5-8,14H,1-4,9-11H2,(H,22,25)(H,23,24)/t14-/m1/s1. The van der Waals surface area contributed by atoms with Gasteiger partial charge in [-0.2, -0.15) is 0 Å². The van der Waals surface area contributed by atoms with Crippen LogP contribution in [0.2, 0.25) is 0 Å². The van der Waals surface area contributed by atoms with E-state index in [1.165, 1.54) is 35.6 Å². The molecule has 0 radical (unpaired) electrons. The average Bonchev–Trinajstić information content (AvgIpc) is 3.21. The summed E-state index contributed by atoms with van der Waals surface area (Å²) in [5, 5.41) is 6.10. The van der Waals surface area contributed by atoms with E-state index in [-0.39, 0.29) is 17.4 Å². The minimum absolute atomic E-state index is 0.0532. The summed E-state index contributed by atoms with van der Waals surface area (Å²) in [5.74, 6) is -1.17. The molecule has 2 heterocycles. The fourth-order valence-corrected chi connectivity index (χ4v) is 6.79. The Hall–Kier alpha value is -2.26. The van der Waals surface area contributed by atoms with Crippen molar-refractivity contribution in [2.24, 2.45) is 0 Å². The molecule has 6 nitrogen and oxygen atoms in total. The van der Waals surface area contributed by atoms with Gasteiger partial charge in [0, 0.05) is 16.5 Å². The molecule has 1 saturated heterocycles. The third kappa shape index (κ3) is 4.35. The molecule has 0 bridgehead atoms. The molecule has 0 saturated carbocycles. The molecule has 1 atom stereocenters. The normalized spacial score (nSPS) is 20.1. The van der Waals surface area contributed by atoms with Gasteiger partial charge in [-0.1, -0.05) is 0 Å². The van der Waals surface area contributed by atoms with Crippen LogP contribution in [0.25, 0.3) is 0 Å². The molecule has 154 valence electrons. The number of carbonyl (C=O) groups excluding carboxylic acids is 2. The molecule has 1 fully saturated rings. The minimum atomic E-state index is -3.11. The first-order valence-electron chi connectivity index (χ1n) is 9.55. The van der Waals surface area contributed by atoms with E-state index in [0.29, 0.717) is 22.5 Å². The van der Waals surface area contributed by atoms with E-state index in [1.54, 1.807) is 0 Å². The maximum Gasteiger partial charge on any atom is 0.256 e. The minimum Gasteiger partial charge on any atom is -0.348 e. The summed E-state index contributed by atoms with van der Waals surface area (Å²) in [7, 11) is -3.11. The average molecular weight is 437 g/mol. The van der Waals surface area contributed by atoms with Gasteiger partial charge in [0.2, 0.25) is 0 Å². The first-order valence-corrected chi connectivity index (χ1v) is 12.2. The largest absolute Gasteiger partial charge is 0.348 e. The molecular formula is C20H21FN2O4S2. The van der Waals surface area contributed by atoms with Gasteiger partial charge in [0.05, 0.1) is 17.1 Å². The monoisotopic (exact) mass is 436 g/mol. The van der Waals surface area contributed by atoms with Gasteiger partial charge in [-0.25, -0.2) is 12.8 Å². The van der Waals surface area contributed by atoms with Crippen LogP contribution in [0, 0.1) is 5.82 Å². The summed E-state index contributed by atoms with van der Waals surface area (Å²) in [4.78, 5) is 26.7. The molecule has 4 rings (SSSR count). The highest BCUT2D eigenvalue weighted by atomic mass is 32.2. The van der Waals surface area contributed by atoms with E-state index in [1.807, 2.05) is 0 Å². The smallest absolute Gasteiger partial charge is 0.256 e. The topological polar surface area (TPSA) is 92.3 Å². The fourth-order valence-electron chi connectivity index (χ4n) is 3.84. The van der Waals surface area contributed by atoms with E-state index in [9.17, 15) is 22.4 Å². The van der Waals surface area contributed by atoms with Gasteiger partial charge in [0.15, 0.2) is 9.84 Å². The molecule has 0 unspecified atom stereocenters. The van der Waals surface area contributed by atoms with Crippen molar-refractivity contribution in [1.29, 1.82) is 0 Å². The summed E-state index contributed by atoms with van der Waals surface area (Å²) < 4.78 is 36.5. The number of hydrogen-bond acceptors (Lipinski definition) is 5. The Balaban J connectivity index is 1.60. The molecule has 2 aromatic rings. The second-order valence-corrected chi connectivity index (χ2v) is 10.8. The maximum absolute atomic E-state index is 13.1. The first kappa shape index (κ1) is 20.0. The molecule has 1 aromatic carbocycles. The molecule has 2 N–H and O–H groups in total. The third-order valence-electron chi connectivity index (χ3n) is 5.30. The Labute approximate surface area is 172 Å². The van der Waals surface area contributed by atoms with Crippen molar-refractivity contribution in [3.05, 3.63) is 51.7 Å². The maximum atomic E-state index is 13.1. The van der Waals surface area contributed by atoms with Crippen molar-refractivity contribution in [1.82, 2.24) is 5.32 Å². The molecule has 1 aliphatic heterocycles. The molecule has 9 heteroatoms. The van der Waals surface area contributed by atoms with Crippen LogP contribution in [0.5, 0.6) is 0 Å². The van der Waals surface area contributed by atoms with Gasteiger partial charge < -0.3 is 10.6 Å². The number of anilines is 1. The SMILES string of the molecule is O=C(Nc1sc2c(c1C(=O)N[C@@H]1CCS(=O)(=O)C1)CCCC2)c1ccc(F)cc1. The van der Waals surface area contributed by atoms with E-state index in [2.05, 4.69) is 10.6 Å². The van der Waals surface area contributed by atoms with Crippen LogP contribution in [0.1, 0.15) is 50.4 Å². The Kier molecular flexibility index (Phi) is 5.44. The number of carbonyl (C=O) groups is 2. The summed E-state index contributed by atoms with van der Waals surface area (Å²) in [5.41, 5.74) is 1.67. The van der Waals surface area contributed by atoms with Gasteiger partial charge in [0.1, 0.15) is 10.8 Å². The number of benzene rings is 1. The molecule has 0 spiro atoms. The van der Waals surface area contributed by atoms with Crippen molar-refractivity contribution in [3.63, 3.8) is 0 Å². The quantitative estimate of drug-likeness (QED) is 0.771. The zero-order valence-corrected chi connectivity index (χ0v) is 17.3. The predicted molar refractivity (Wildman–Crippen MR) is 110 cm³/mol. The number of aryl methyl sites for hydroxylation is 1. The predicted octanol–water partition coefficient (Wildman–Crippen LogP) is 2.94. The number of halogens is 1. The highest BCUT2D eigenvalue weighted by molar-refractivity contribution is 7.91. The van der Waals surface area contributed by atoms with Gasteiger partial charge in [-0.3, -0.25) is 9.59 Å². The number of fused-ring (bicyclic) bond motifs is 1. The Morgan fingerprint density at radius 2 is 1.79 bits per heavy atom. The number of nitrogens with one attached hydrogen (secondary N) is 2. The zero-order valence-electron chi connectivity index (χ0n) is 15.7. The van der Waals surface area contributed by atoms with E-state index < -0.39 is 27.6 Å². The first-order chi connectivity index (χ1) is 13.8. The van der Waals surface area contributed by atoms with Crippen molar-refractivity contribution in [2.75, 3.05) is 16.8 Å². The van der Waals surface area contributed by atoms with E-state index in [0.717, 1.165) is 36.1 Å². The number of rotatable bonds is 4. The van der Waals surface area contributed by atoms with Crippen LogP contribution in [0.3, 0.4) is 0 Å². The molecule has 29 heavy (non-hydrogen) atoms. The molecule has 1 aromatic heterocycles. The number of sulfone groups is 1. The number of thiophene rings is 1. The number of amides is 2. The molecular weight excluding hydrogens is 415 g/mol. The van der Waals surface area contributed by atoms with Crippen LogP contribution in [-0.4, -0.2) is 37.8 Å². The second kappa shape index (κ2) is 7.87. The second-order valence-electron chi connectivity index (χ2n) is 7.45. The van der Waals surface area contributed by atoms with E-state index >= 15 is 0 Å². The van der Waals surface area contributed by atoms with Gasteiger partial charge in [-0.05, 0) is 61.9 Å². The molecule has 1 aliphatic carbocycles. The summed E-state index contributed by atoms with van der Waals surface area (Å²) >= 11 is 1.39. The summed E-state index contributed by atoms with van der Waals surface area (Å²) in [6, 6.07) is 4.79. The lowest BCUT2D eigenvalue weighted by molar-refractivity contribution is 0.0941. The van der Waals surface area contributed by atoms with E-state index in [4.69, 9.17) is 0 Å². The van der Waals surface area contributed by atoms with Crippen LogP contribution < -0.4 is 10.6 Å². The Morgan fingerprint density at radius 1 is 1.07 bits per heavy atom. The third-order valence-corrected chi connectivity index (χ3v) is 8.27. The van der Waals surface area contributed by atoms with Crippen molar-refractivity contribution < 1.29 is 22.4 Å². The highest BCUT2D eigenvalue weighted by Gasteiger charge is 2.32. The van der Waals surface area contributed by atoms with Gasteiger partial charge >= 0.3 is 0 Å². The molecule has 2 aliphatic rings. The van der Waals surface area contributed by atoms with Crippen LogP contribution in [-0.2, 0) is 22.7 Å². The summed E-state index contributed by atoms with van der Waals surface area (Å²) in [6.45, 7) is 0. The van der Waals surface area contributed by atoms with Crippen molar-refractivity contribution in [3.8, 4) is 0 Å². The zero-order chi connectivity index (χ0) is 20.6. The lowest BCUT2D eigenvalue weighted by atomic mass is 9.95. The van der Waals surface area contributed by atoms with Crippen LogP contribution >= 0.6 is 11.3 Å². The lowest BCUT2D eigenvalue weighted by Crippen LogP contribution is -2.36. The van der Waals surface area contributed by atoms with Crippen LogP contribution in [0.15, 0.2) is 24.3 Å².